The Balaban J connectivity index is 1.81. The van der Waals surface area contributed by atoms with Crippen LogP contribution in [-0.4, -0.2) is 16.3 Å². The smallest absolute Gasteiger partial charge is 0.146 e. The van der Waals surface area contributed by atoms with E-state index in [0.29, 0.717) is 11.4 Å². The third-order valence-electron chi connectivity index (χ3n) is 3.04. The van der Waals surface area contributed by atoms with E-state index in [1.54, 1.807) is 12.1 Å². The summed E-state index contributed by atoms with van der Waals surface area (Å²) in [6.45, 7) is 0. The molecule has 0 atom stereocenters. The molecule has 0 fully saturated rings. The second-order valence-corrected chi connectivity index (χ2v) is 5.91. The van der Waals surface area contributed by atoms with E-state index in [9.17, 15) is 5.11 Å². The zero-order chi connectivity index (χ0) is 15.5. The molecule has 3 rings (SSSR count). The Hall–Kier alpha value is -2.11. The Kier molecular flexibility index (Phi) is 4.27. The maximum atomic E-state index is 9.87. The third kappa shape index (κ3) is 3.21. The lowest BCUT2D eigenvalue weighted by molar-refractivity contribution is 0.474. The Morgan fingerprint density at radius 2 is 2.00 bits per heavy atom. The first-order valence-electron chi connectivity index (χ1n) is 6.46. The second-order valence-electron chi connectivity index (χ2n) is 4.58. The van der Waals surface area contributed by atoms with Gasteiger partial charge in [-0.2, -0.15) is 5.10 Å². The highest BCUT2D eigenvalue weighted by Gasteiger charge is 2.05. The molecule has 4 nitrogen and oxygen atoms in total. The first kappa shape index (κ1) is 14.8. The van der Waals surface area contributed by atoms with E-state index in [2.05, 4.69) is 31.4 Å². The number of nitrogens with zero attached hydrogens (tertiary/aromatic N) is 2. The standard InChI is InChI=1S/C16H11BrClN3O/c17-12-7-11(16(22)13(18)8-12)9-19-21-15-6-5-10-3-1-2-4-14(10)20-15/h1-9,22H,(H,20,21)/b19-9+. The number of hydrazone groups is 1. The maximum absolute atomic E-state index is 9.87. The van der Waals surface area contributed by atoms with Crippen molar-refractivity contribution in [1.29, 1.82) is 0 Å². The van der Waals surface area contributed by atoms with Crippen molar-refractivity contribution in [2.75, 3.05) is 5.43 Å². The molecule has 3 aromatic rings. The van der Waals surface area contributed by atoms with E-state index >= 15 is 0 Å². The average Bonchev–Trinajstić information content (AvgIpc) is 2.52. The van der Waals surface area contributed by atoms with Crippen molar-refractivity contribution in [3.63, 3.8) is 0 Å². The molecule has 0 saturated heterocycles. The summed E-state index contributed by atoms with van der Waals surface area (Å²) in [7, 11) is 0. The summed E-state index contributed by atoms with van der Waals surface area (Å²) < 4.78 is 0.764. The lowest BCUT2D eigenvalue weighted by Crippen LogP contribution is -1.94. The molecule has 0 radical (unpaired) electrons. The minimum Gasteiger partial charge on any atom is -0.506 e. The van der Waals surface area contributed by atoms with Crippen LogP contribution < -0.4 is 5.43 Å². The summed E-state index contributed by atoms with van der Waals surface area (Å²) in [5, 5.41) is 15.3. The minimum atomic E-state index is -0.0121. The number of phenolic OH excluding ortho intramolecular Hbond substituents is 1. The number of halogens is 2. The van der Waals surface area contributed by atoms with Gasteiger partial charge < -0.3 is 5.11 Å². The van der Waals surface area contributed by atoms with Crippen LogP contribution in [0.1, 0.15) is 5.56 Å². The molecule has 22 heavy (non-hydrogen) atoms. The number of aromatic nitrogens is 1. The van der Waals surface area contributed by atoms with Gasteiger partial charge in [0, 0.05) is 15.4 Å². The van der Waals surface area contributed by atoms with Gasteiger partial charge in [-0.25, -0.2) is 4.98 Å². The molecule has 0 amide bonds. The topological polar surface area (TPSA) is 57.5 Å². The molecule has 1 aromatic heterocycles. The number of rotatable bonds is 3. The first-order chi connectivity index (χ1) is 10.6. The van der Waals surface area contributed by atoms with Crippen molar-refractivity contribution >= 4 is 50.5 Å². The summed E-state index contributed by atoms with van der Waals surface area (Å²) in [6, 6.07) is 15.0. The van der Waals surface area contributed by atoms with Crippen molar-refractivity contribution in [3.05, 3.63) is 63.6 Å². The van der Waals surface area contributed by atoms with Crippen LogP contribution in [0.4, 0.5) is 5.82 Å². The zero-order valence-corrected chi connectivity index (χ0v) is 13.6. The first-order valence-corrected chi connectivity index (χ1v) is 7.63. The summed E-state index contributed by atoms with van der Waals surface area (Å²) >= 11 is 9.23. The molecule has 2 N–H and O–H groups in total. The highest BCUT2D eigenvalue weighted by molar-refractivity contribution is 9.10. The zero-order valence-electron chi connectivity index (χ0n) is 11.3. The van der Waals surface area contributed by atoms with E-state index < -0.39 is 0 Å². The Morgan fingerprint density at radius 3 is 2.86 bits per heavy atom. The lowest BCUT2D eigenvalue weighted by Gasteiger charge is -2.04. The van der Waals surface area contributed by atoms with Crippen LogP contribution in [-0.2, 0) is 0 Å². The number of phenols is 1. The van der Waals surface area contributed by atoms with Gasteiger partial charge in [0.2, 0.25) is 0 Å². The number of nitrogens with one attached hydrogen (secondary N) is 1. The third-order valence-corrected chi connectivity index (χ3v) is 3.78. The van der Waals surface area contributed by atoms with E-state index in [-0.39, 0.29) is 10.8 Å². The molecule has 1 heterocycles. The largest absolute Gasteiger partial charge is 0.506 e. The number of fused-ring (bicyclic) bond motifs is 1. The lowest BCUT2D eigenvalue weighted by atomic mass is 10.2. The molecule has 0 saturated carbocycles. The summed E-state index contributed by atoms with van der Waals surface area (Å²) in [6.07, 6.45) is 1.49. The van der Waals surface area contributed by atoms with Crippen LogP contribution >= 0.6 is 27.5 Å². The van der Waals surface area contributed by atoms with Crippen molar-refractivity contribution in [2.24, 2.45) is 5.10 Å². The van der Waals surface area contributed by atoms with Gasteiger partial charge in [-0.1, -0.05) is 45.7 Å². The maximum Gasteiger partial charge on any atom is 0.146 e. The number of anilines is 1. The normalized spacial score (nSPS) is 11.2. The van der Waals surface area contributed by atoms with Crippen LogP contribution in [0, 0.1) is 0 Å². The van der Waals surface area contributed by atoms with E-state index in [1.165, 1.54) is 6.21 Å². The van der Waals surface area contributed by atoms with Gasteiger partial charge in [-0.3, -0.25) is 5.43 Å². The number of aromatic hydroxyl groups is 1. The van der Waals surface area contributed by atoms with E-state index in [4.69, 9.17) is 11.6 Å². The summed E-state index contributed by atoms with van der Waals surface area (Å²) in [4.78, 5) is 4.44. The molecule has 110 valence electrons. The monoisotopic (exact) mass is 375 g/mol. The number of hydrogen-bond acceptors (Lipinski definition) is 4. The van der Waals surface area contributed by atoms with Crippen LogP contribution in [0.5, 0.6) is 5.75 Å². The molecule has 0 aliphatic rings. The molecule has 0 aliphatic heterocycles. The highest BCUT2D eigenvalue weighted by atomic mass is 79.9. The predicted molar refractivity (Wildman–Crippen MR) is 93.8 cm³/mol. The highest BCUT2D eigenvalue weighted by Crippen LogP contribution is 2.30. The Bertz CT molecular complexity index is 867. The second kappa shape index (κ2) is 6.34. The molecule has 2 aromatic carbocycles. The number of hydrogen-bond donors (Lipinski definition) is 2. The van der Waals surface area contributed by atoms with Crippen molar-refractivity contribution < 1.29 is 5.11 Å². The Labute approximate surface area is 140 Å². The summed E-state index contributed by atoms with van der Waals surface area (Å²) in [5.74, 6) is 0.609. The fourth-order valence-electron chi connectivity index (χ4n) is 1.98. The predicted octanol–water partition coefficient (Wildman–Crippen LogP) is 4.80. The molecular formula is C16H11BrClN3O. The van der Waals surface area contributed by atoms with Gasteiger partial charge in [-0.05, 0) is 30.3 Å². The molecule has 0 spiro atoms. The molecule has 0 bridgehead atoms. The number of pyridine rings is 1. The minimum absolute atomic E-state index is 0.0121. The van der Waals surface area contributed by atoms with Crippen LogP contribution in [0.25, 0.3) is 10.9 Å². The fraction of sp³-hybridized carbons (Fsp3) is 0. The van der Waals surface area contributed by atoms with E-state index in [1.807, 2.05) is 36.4 Å². The summed E-state index contributed by atoms with van der Waals surface area (Å²) in [5.41, 5.74) is 4.23. The van der Waals surface area contributed by atoms with Crippen LogP contribution in [0.3, 0.4) is 0 Å². The van der Waals surface area contributed by atoms with Gasteiger partial charge in [-0.15, -0.1) is 0 Å². The molecule has 0 unspecified atom stereocenters. The molecular weight excluding hydrogens is 366 g/mol. The van der Waals surface area contributed by atoms with Gasteiger partial charge in [0.15, 0.2) is 0 Å². The SMILES string of the molecule is Oc1c(Cl)cc(Br)cc1/C=N/Nc1ccc2ccccc2n1. The van der Waals surface area contributed by atoms with Crippen LogP contribution in [0.2, 0.25) is 5.02 Å². The van der Waals surface area contributed by atoms with Gasteiger partial charge in [0.05, 0.1) is 16.8 Å². The Morgan fingerprint density at radius 1 is 1.18 bits per heavy atom. The van der Waals surface area contributed by atoms with Crippen molar-refractivity contribution in [3.8, 4) is 5.75 Å². The fourth-order valence-corrected chi connectivity index (χ4v) is 2.81. The van der Waals surface area contributed by atoms with Crippen LogP contribution in [0.15, 0.2) is 58.1 Å². The number of para-hydroxylation sites is 1. The van der Waals surface area contributed by atoms with Crippen molar-refractivity contribution in [2.45, 2.75) is 0 Å². The van der Waals surface area contributed by atoms with Gasteiger partial charge in [0.25, 0.3) is 0 Å². The number of benzene rings is 2. The molecule has 6 heteroatoms. The van der Waals surface area contributed by atoms with Crippen molar-refractivity contribution in [1.82, 2.24) is 4.98 Å². The quantitative estimate of drug-likeness (QED) is 0.510. The van der Waals surface area contributed by atoms with E-state index in [0.717, 1.165) is 15.4 Å². The average molecular weight is 377 g/mol. The molecule has 0 aliphatic carbocycles. The van der Waals surface area contributed by atoms with Gasteiger partial charge >= 0.3 is 0 Å². The van der Waals surface area contributed by atoms with Gasteiger partial charge in [0.1, 0.15) is 11.6 Å².